The molecule has 0 saturated heterocycles. The Morgan fingerprint density at radius 3 is 2.81 bits per heavy atom. The summed E-state index contributed by atoms with van der Waals surface area (Å²) < 4.78 is 1.79. The Labute approximate surface area is 152 Å². The van der Waals surface area contributed by atoms with Crippen LogP contribution in [-0.2, 0) is 31.1 Å². The van der Waals surface area contributed by atoms with Crippen molar-refractivity contribution in [3.05, 3.63) is 84.2 Å². The van der Waals surface area contributed by atoms with Crippen LogP contribution in [0.2, 0.25) is 0 Å². The number of hydrogen-bond donors (Lipinski definition) is 1. The molecule has 3 rings (SSSR count). The van der Waals surface area contributed by atoms with E-state index in [1.165, 1.54) is 6.08 Å². The van der Waals surface area contributed by atoms with Gasteiger partial charge in [0.05, 0.1) is 6.20 Å². The molecular weight excluding hydrogens is 326 g/mol. The topological polar surface area (TPSA) is 72.7 Å². The van der Waals surface area contributed by atoms with E-state index in [4.69, 9.17) is 0 Å². The summed E-state index contributed by atoms with van der Waals surface area (Å²) in [6.07, 6.45) is 9.10. The molecule has 2 heterocycles. The second kappa shape index (κ2) is 8.20. The molecule has 1 N–H and O–H groups in total. The first-order valence-electron chi connectivity index (χ1n) is 8.42. The zero-order valence-corrected chi connectivity index (χ0v) is 14.7. The third-order valence-electron chi connectivity index (χ3n) is 3.97. The van der Waals surface area contributed by atoms with Crippen LogP contribution in [0.15, 0.2) is 61.7 Å². The second-order valence-corrected chi connectivity index (χ2v) is 6.09. The minimum atomic E-state index is -0.210. The Morgan fingerprint density at radius 2 is 2.04 bits per heavy atom. The molecule has 0 atom stereocenters. The lowest BCUT2D eigenvalue weighted by molar-refractivity contribution is -0.111. The molecule has 0 bridgehead atoms. The van der Waals surface area contributed by atoms with Gasteiger partial charge in [0.25, 0.3) is 0 Å². The van der Waals surface area contributed by atoms with Crippen LogP contribution < -0.4 is 5.32 Å². The zero-order chi connectivity index (χ0) is 18.4. The average molecular weight is 347 g/mol. The molecule has 132 valence electrons. The molecule has 26 heavy (non-hydrogen) atoms. The van der Waals surface area contributed by atoms with Crippen molar-refractivity contribution in [2.24, 2.45) is 7.05 Å². The van der Waals surface area contributed by atoms with Crippen molar-refractivity contribution in [2.45, 2.75) is 19.3 Å². The normalized spacial score (nSPS) is 10.5. The second-order valence-electron chi connectivity index (χ2n) is 6.09. The predicted octanol–water partition coefficient (Wildman–Crippen LogP) is 2.71. The standard InChI is InChI=1S/C20H21N5O/c1-3-20(26)24-18-6-4-5-15(9-18)7-8-17-11-19(22-14-21-17)10-16-12-23-25(2)13-16/h3-6,9,11-14H,1,7-8,10H2,2H3,(H,24,26). The molecule has 1 aromatic carbocycles. The molecular formula is C20H21N5O. The van der Waals surface area contributed by atoms with Crippen LogP contribution >= 0.6 is 0 Å². The number of hydrogen-bond acceptors (Lipinski definition) is 4. The van der Waals surface area contributed by atoms with E-state index in [0.29, 0.717) is 0 Å². The van der Waals surface area contributed by atoms with E-state index < -0.39 is 0 Å². The number of carbonyl (C=O) groups is 1. The fraction of sp³-hybridized carbons (Fsp3) is 0.200. The number of anilines is 1. The summed E-state index contributed by atoms with van der Waals surface area (Å²) in [4.78, 5) is 20.1. The van der Waals surface area contributed by atoms with Crippen LogP contribution in [0.1, 0.15) is 22.5 Å². The Balaban J connectivity index is 1.62. The van der Waals surface area contributed by atoms with Gasteiger partial charge in [-0.2, -0.15) is 5.10 Å². The number of benzene rings is 1. The van der Waals surface area contributed by atoms with Gasteiger partial charge in [0, 0.05) is 36.7 Å². The maximum atomic E-state index is 11.4. The number of amides is 1. The Morgan fingerprint density at radius 1 is 1.19 bits per heavy atom. The number of rotatable bonds is 7. The maximum Gasteiger partial charge on any atom is 0.247 e. The van der Waals surface area contributed by atoms with Crippen LogP contribution in [0, 0.1) is 0 Å². The van der Waals surface area contributed by atoms with Crippen LogP contribution in [0.3, 0.4) is 0 Å². The first-order chi connectivity index (χ1) is 12.6. The number of aromatic nitrogens is 4. The fourth-order valence-electron chi connectivity index (χ4n) is 2.72. The maximum absolute atomic E-state index is 11.4. The number of carbonyl (C=O) groups excluding carboxylic acids is 1. The summed E-state index contributed by atoms with van der Waals surface area (Å²) in [7, 11) is 1.90. The third kappa shape index (κ3) is 4.86. The molecule has 0 unspecified atom stereocenters. The SMILES string of the molecule is C=CC(=O)Nc1cccc(CCc2cc(Cc3cnn(C)c3)ncn2)c1. The largest absolute Gasteiger partial charge is 0.323 e. The van der Waals surface area contributed by atoms with E-state index in [-0.39, 0.29) is 5.91 Å². The van der Waals surface area contributed by atoms with Gasteiger partial charge in [-0.05, 0) is 48.2 Å². The van der Waals surface area contributed by atoms with Crippen LogP contribution in [0.25, 0.3) is 0 Å². The monoisotopic (exact) mass is 347 g/mol. The van der Waals surface area contributed by atoms with Crippen molar-refractivity contribution in [1.29, 1.82) is 0 Å². The van der Waals surface area contributed by atoms with Gasteiger partial charge in [-0.15, -0.1) is 0 Å². The van der Waals surface area contributed by atoms with Gasteiger partial charge in [-0.3, -0.25) is 9.48 Å². The summed E-state index contributed by atoms with van der Waals surface area (Å²) >= 11 is 0. The molecule has 0 saturated carbocycles. The van der Waals surface area contributed by atoms with E-state index in [0.717, 1.165) is 47.5 Å². The minimum Gasteiger partial charge on any atom is -0.323 e. The van der Waals surface area contributed by atoms with Crippen molar-refractivity contribution in [3.63, 3.8) is 0 Å². The van der Waals surface area contributed by atoms with E-state index in [9.17, 15) is 4.79 Å². The highest BCUT2D eigenvalue weighted by molar-refractivity contribution is 5.98. The average Bonchev–Trinajstić information content (AvgIpc) is 3.05. The first-order valence-corrected chi connectivity index (χ1v) is 8.42. The molecule has 3 aromatic rings. The number of aryl methyl sites for hydroxylation is 3. The van der Waals surface area contributed by atoms with Gasteiger partial charge in [0.2, 0.25) is 5.91 Å². The van der Waals surface area contributed by atoms with E-state index in [1.54, 1.807) is 11.0 Å². The van der Waals surface area contributed by atoms with E-state index in [1.807, 2.05) is 49.8 Å². The van der Waals surface area contributed by atoms with Gasteiger partial charge in [0.1, 0.15) is 6.33 Å². The molecule has 0 aliphatic carbocycles. The Kier molecular flexibility index (Phi) is 5.53. The predicted molar refractivity (Wildman–Crippen MR) is 101 cm³/mol. The van der Waals surface area contributed by atoms with Crippen LogP contribution in [0.5, 0.6) is 0 Å². The third-order valence-corrected chi connectivity index (χ3v) is 3.97. The highest BCUT2D eigenvalue weighted by Gasteiger charge is 2.04. The van der Waals surface area contributed by atoms with E-state index >= 15 is 0 Å². The van der Waals surface area contributed by atoms with Crippen molar-refractivity contribution >= 4 is 11.6 Å². The van der Waals surface area contributed by atoms with Crippen molar-refractivity contribution in [2.75, 3.05) is 5.32 Å². The summed E-state index contributed by atoms with van der Waals surface area (Å²) in [6.45, 7) is 3.46. The Hall–Kier alpha value is -3.28. The molecule has 0 radical (unpaired) electrons. The lowest BCUT2D eigenvalue weighted by Crippen LogP contribution is -2.07. The lowest BCUT2D eigenvalue weighted by atomic mass is 10.1. The van der Waals surface area contributed by atoms with Gasteiger partial charge >= 0.3 is 0 Å². The highest BCUT2D eigenvalue weighted by Crippen LogP contribution is 2.14. The van der Waals surface area contributed by atoms with Crippen LogP contribution in [0.4, 0.5) is 5.69 Å². The fourth-order valence-corrected chi connectivity index (χ4v) is 2.72. The molecule has 2 aromatic heterocycles. The van der Waals surface area contributed by atoms with Crippen molar-refractivity contribution in [3.8, 4) is 0 Å². The summed E-state index contributed by atoms with van der Waals surface area (Å²) in [5.74, 6) is -0.210. The molecule has 1 amide bonds. The van der Waals surface area contributed by atoms with Crippen molar-refractivity contribution in [1.82, 2.24) is 19.7 Å². The summed E-state index contributed by atoms with van der Waals surface area (Å²) in [6, 6.07) is 9.85. The minimum absolute atomic E-state index is 0.210. The molecule has 0 aliphatic heterocycles. The number of nitrogens with zero attached hydrogens (tertiary/aromatic N) is 4. The smallest absolute Gasteiger partial charge is 0.247 e. The van der Waals surface area contributed by atoms with Gasteiger partial charge in [-0.1, -0.05) is 18.7 Å². The summed E-state index contributed by atoms with van der Waals surface area (Å²) in [5, 5.41) is 6.96. The van der Waals surface area contributed by atoms with Gasteiger partial charge in [-0.25, -0.2) is 9.97 Å². The summed E-state index contributed by atoms with van der Waals surface area (Å²) in [5.41, 5.74) is 5.02. The van der Waals surface area contributed by atoms with E-state index in [2.05, 4.69) is 27.0 Å². The number of nitrogens with one attached hydrogen (secondary N) is 1. The highest BCUT2D eigenvalue weighted by atomic mass is 16.1. The quantitative estimate of drug-likeness (QED) is 0.667. The molecule has 0 fully saturated rings. The van der Waals surface area contributed by atoms with Crippen molar-refractivity contribution < 1.29 is 4.79 Å². The molecule has 0 aliphatic rings. The lowest BCUT2D eigenvalue weighted by Gasteiger charge is -2.06. The molecule has 6 nitrogen and oxygen atoms in total. The Bertz CT molecular complexity index is 916. The molecule has 0 spiro atoms. The first kappa shape index (κ1) is 17.5. The zero-order valence-electron chi connectivity index (χ0n) is 14.7. The molecule has 6 heteroatoms. The van der Waals surface area contributed by atoms with Gasteiger partial charge in [0.15, 0.2) is 0 Å². The van der Waals surface area contributed by atoms with Crippen LogP contribution in [-0.4, -0.2) is 25.7 Å². The van der Waals surface area contributed by atoms with Gasteiger partial charge < -0.3 is 5.32 Å².